The van der Waals surface area contributed by atoms with Crippen molar-refractivity contribution in [1.29, 1.82) is 0 Å². The first-order chi connectivity index (χ1) is 10.2. The average molecular weight is 287 g/mol. The van der Waals surface area contributed by atoms with E-state index < -0.39 is 0 Å². The molecule has 1 nitrogen and oxygen atoms in total. The van der Waals surface area contributed by atoms with Crippen molar-refractivity contribution in [3.63, 3.8) is 0 Å². The van der Waals surface area contributed by atoms with Gasteiger partial charge in [-0.2, -0.15) is 0 Å². The average Bonchev–Trinajstić information content (AvgIpc) is 3.01. The van der Waals surface area contributed by atoms with Crippen LogP contribution in [0.5, 0.6) is 0 Å². The van der Waals surface area contributed by atoms with Crippen LogP contribution in [0, 0.1) is 17.8 Å². The fourth-order valence-corrected chi connectivity index (χ4v) is 3.61. The summed E-state index contributed by atoms with van der Waals surface area (Å²) in [6.07, 6.45) is 8.17. The quantitative estimate of drug-likeness (QED) is 0.721. The van der Waals surface area contributed by atoms with Gasteiger partial charge in [0.25, 0.3) is 0 Å². The van der Waals surface area contributed by atoms with E-state index in [9.17, 15) is 0 Å². The molecule has 1 aromatic rings. The Labute approximate surface area is 131 Å². The van der Waals surface area contributed by atoms with Gasteiger partial charge in [0, 0.05) is 0 Å². The smallest absolute Gasteiger partial charge is 0.00146 e. The SMILES string of the molecule is CCc1ccc(CC(CNCC(C)C)C2CCCC2)cc1. The summed E-state index contributed by atoms with van der Waals surface area (Å²) in [5, 5.41) is 3.70. The number of aryl methyl sites for hydroxylation is 1. The molecule has 0 spiro atoms. The highest BCUT2D eigenvalue weighted by atomic mass is 14.9. The Bertz CT molecular complexity index is 387. The largest absolute Gasteiger partial charge is 0.316 e. The van der Waals surface area contributed by atoms with Gasteiger partial charge in [0.1, 0.15) is 0 Å². The van der Waals surface area contributed by atoms with Gasteiger partial charge in [-0.15, -0.1) is 0 Å². The molecule has 1 N–H and O–H groups in total. The molecule has 1 saturated carbocycles. The third-order valence-electron chi connectivity index (χ3n) is 4.95. The summed E-state index contributed by atoms with van der Waals surface area (Å²) < 4.78 is 0. The highest BCUT2D eigenvalue weighted by Crippen LogP contribution is 2.33. The predicted octanol–water partition coefficient (Wildman–Crippen LogP) is 4.84. The van der Waals surface area contributed by atoms with E-state index in [1.165, 1.54) is 49.8 Å². The molecule has 1 aromatic carbocycles. The first-order valence-corrected chi connectivity index (χ1v) is 8.97. The van der Waals surface area contributed by atoms with Crippen molar-refractivity contribution in [1.82, 2.24) is 5.32 Å². The summed E-state index contributed by atoms with van der Waals surface area (Å²) >= 11 is 0. The molecule has 1 fully saturated rings. The Kier molecular flexibility index (Phi) is 6.76. The lowest BCUT2D eigenvalue weighted by Gasteiger charge is -2.24. The molecule has 0 saturated heterocycles. The molecule has 1 unspecified atom stereocenters. The van der Waals surface area contributed by atoms with Gasteiger partial charge < -0.3 is 5.32 Å². The van der Waals surface area contributed by atoms with Gasteiger partial charge in [-0.3, -0.25) is 0 Å². The van der Waals surface area contributed by atoms with Crippen molar-refractivity contribution in [3.8, 4) is 0 Å². The lowest BCUT2D eigenvalue weighted by molar-refractivity contribution is 0.316. The molecule has 0 aromatic heterocycles. The van der Waals surface area contributed by atoms with Crippen LogP contribution in [0.1, 0.15) is 57.6 Å². The van der Waals surface area contributed by atoms with Crippen molar-refractivity contribution in [2.75, 3.05) is 13.1 Å². The maximum atomic E-state index is 3.70. The minimum absolute atomic E-state index is 0.748. The standard InChI is InChI=1S/C20H33N/c1-4-17-9-11-18(12-10-17)13-20(15-21-14-16(2)3)19-7-5-6-8-19/h9-12,16,19-21H,4-8,13-15H2,1-3H3. The van der Waals surface area contributed by atoms with Crippen LogP contribution in [-0.2, 0) is 12.8 Å². The number of nitrogens with one attached hydrogen (secondary N) is 1. The van der Waals surface area contributed by atoms with Gasteiger partial charge in [0.2, 0.25) is 0 Å². The molecule has 1 atom stereocenters. The molecule has 0 radical (unpaired) electrons. The maximum Gasteiger partial charge on any atom is -0.00146 e. The second kappa shape index (κ2) is 8.58. The molecule has 1 aliphatic carbocycles. The Morgan fingerprint density at radius 2 is 1.62 bits per heavy atom. The molecule has 1 heteroatoms. The summed E-state index contributed by atoms with van der Waals surface area (Å²) in [4.78, 5) is 0. The molecular formula is C20H33N. The first kappa shape index (κ1) is 16.5. The zero-order valence-electron chi connectivity index (χ0n) is 14.2. The normalized spacial score (nSPS) is 17.5. The van der Waals surface area contributed by atoms with Crippen LogP contribution in [0.15, 0.2) is 24.3 Å². The molecule has 118 valence electrons. The molecule has 21 heavy (non-hydrogen) atoms. The van der Waals surface area contributed by atoms with Crippen molar-refractivity contribution >= 4 is 0 Å². The van der Waals surface area contributed by atoms with Crippen LogP contribution < -0.4 is 5.32 Å². The fraction of sp³-hybridized carbons (Fsp3) is 0.700. The van der Waals surface area contributed by atoms with Crippen LogP contribution in [-0.4, -0.2) is 13.1 Å². The van der Waals surface area contributed by atoms with Crippen LogP contribution >= 0.6 is 0 Å². The van der Waals surface area contributed by atoms with E-state index in [1.54, 1.807) is 0 Å². The minimum atomic E-state index is 0.748. The molecule has 0 aliphatic heterocycles. The summed E-state index contributed by atoms with van der Waals surface area (Å²) in [5.41, 5.74) is 2.98. The second-order valence-corrected chi connectivity index (χ2v) is 7.23. The van der Waals surface area contributed by atoms with E-state index in [2.05, 4.69) is 50.4 Å². The van der Waals surface area contributed by atoms with Gasteiger partial charge in [-0.1, -0.05) is 70.7 Å². The zero-order chi connectivity index (χ0) is 15.1. The number of rotatable bonds is 8. The summed E-state index contributed by atoms with van der Waals surface area (Å²) in [6.45, 7) is 9.16. The molecule has 0 amide bonds. The summed E-state index contributed by atoms with van der Waals surface area (Å²) in [5.74, 6) is 2.51. The van der Waals surface area contributed by atoms with E-state index in [1.807, 2.05) is 0 Å². The van der Waals surface area contributed by atoms with E-state index >= 15 is 0 Å². The van der Waals surface area contributed by atoms with Crippen LogP contribution in [0.4, 0.5) is 0 Å². The lowest BCUT2D eigenvalue weighted by Crippen LogP contribution is -2.31. The Balaban J connectivity index is 1.93. The molecule has 1 aliphatic rings. The third kappa shape index (κ3) is 5.47. The Hall–Kier alpha value is -0.820. The lowest BCUT2D eigenvalue weighted by atomic mass is 9.85. The van der Waals surface area contributed by atoms with Crippen molar-refractivity contribution < 1.29 is 0 Å². The number of benzene rings is 1. The molecule has 0 bridgehead atoms. The van der Waals surface area contributed by atoms with Gasteiger partial charge in [-0.05, 0) is 54.8 Å². The van der Waals surface area contributed by atoms with Crippen LogP contribution in [0.3, 0.4) is 0 Å². The predicted molar refractivity (Wildman–Crippen MR) is 92.7 cm³/mol. The van der Waals surface area contributed by atoms with Gasteiger partial charge in [-0.25, -0.2) is 0 Å². The molecule has 0 heterocycles. The van der Waals surface area contributed by atoms with Crippen LogP contribution in [0.2, 0.25) is 0 Å². The fourth-order valence-electron chi connectivity index (χ4n) is 3.61. The van der Waals surface area contributed by atoms with E-state index in [-0.39, 0.29) is 0 Å². The van der Waals surface area contributed by atoms with Gasteiger partial charge in [0.15, 0.2) is 0 Å². The highest BCUT2D eigenvalue weighted by molar-refractivity contribution is 5.23. The van der Waals surface area contributed by atoms with Crippen molar-refractivity contribution in [2.24, 2.45) is 17.8 Å². The number of hydrogen-bond acceptors (Lipinski definition) is 1. The Morgan fingerprint density at radius 3 is 2.19 bits per heavy atom. The maximum absolute atomic E-state index is 3.70. The molecular weight excluding hydrogens is 254 g/mol. The number of hydrogen-bond donors (Lipinski definition) is 1. The summed E-state index contributed by atoms with van der Waals surface area (Å²) in [7, 11) is 0. The van der Waals surface area contributed by atoms with E-state index in [4.69, 9.17) is 0 Å². The van der Waals surface area contributed by atoms with E-state index in [0.717, 1.165) is 30.7 Å². The second-order valence-electron chi connectivity index (χ2n) is 7.23. The third-order valence-corrected chi connectivity index (χ3v) is 4.95. The van der Waals surface area contributed by atoms with Gasteiger partial charge >= 0.3 is 0 Å². The summed E-state index contributed by atoms with van der Waals surface area (Å²) in [6, 6.07) is 9.32. The van der Waals surface area contributed by atoms with Crippen molar-refractivity contribution in [3.05, 3.63) is 35.4 Å². The molecule has 2 rings (SSSR count). The Morgan fingerprint density at radius 1 is 1.00 bits per heavy atom. The van der Waals surface area contributed by atoms with E-state index in [0.29, 0.717) is 0 Å². The van der Waals surface area contributed by atoms with Crippen molar-refractivity contribution in [2.45, 2.75) is 59.3 Å². The topological polar surface area (TPSA) is 12.0 Å². The minimum Gasteiger partial charge on any atom is -0.316 e. The monoisotopic (exact) mass is 287 g/mol. The highest BCUT2D eigenvalue weighted by Gasteiger charge is 2.24. The van der Waals surface area contributed by atoms with Gasteiger partial charge in [0.05, 0.1) is 0 Å². The zero-order valence-corrected chi connectivity index (χ0v) is 14.2. The van der Waals surface area contributed by atoms with Crippen LogP contribution in [0.25, 0.3) is 0 Å². The first-order valence-electron chi connectivity index (χ1n) is 8.97.